The molecule has 5 nitrogen and oxygen atoms in total. The van der Waals surface area contributed by atoms with Crippen LogP contribution in [0.2, 0.25) is 19.6 Å². The molecule has 0 saturated carbocycles. The molecule has 0 saturated heterocycles. The Morgan fingerprint density at radius 3 is 2.39 bits per heavy atom. The van der Waals surface area contributed by atoms with Crippen molar-refractivity contribution in [3.8, 4) is 28.8 Å². The van der Waals surface area contributed by atoms with Gasteiger partial charge in [-0.15, -0.1) is 5.54 Å². The predicted octanol–water partition coefficient (Wildman–Crippen LogP) is 6.83. The minimum absolute atomic E-state index is 0.102. The third-order valence-corrected chi connectivity index (χ3v) is 5.68. The van der Waals surface area contributed by atoms with Crippen LogP contribution in [0.25, 0.3) is 0 Å². The first-order valence-electron chi connectivity index (χ1n) is 10.8. The van der Waals surface area contributed by atoms with E-state index in [-0.39, 0.29) is 28.5 Å². The average Bonchev–Trinajstić information content (AvgIpc) is 2.78. The van der Waals surface area contributed by atoms with Gasteiger partial charge < -0.3 is 14.8 Å². The molecule has 1 heterocycles. The molecule has 10 heteroatoms. The lowest BCUT2D eigenvalue weighted by Crippen LogP contribution is -2.18. The highest BCUT2D eigenvalue weighted by atomic mass is 28.3. The molecular formula is C26H24F4N2O3Si. The van der Waals surface area contributed by atoms with Gasteiger partial charge in [-0.1, -0.05) is 25.6 Å². The van der Waals surface area contributed by atoms with Crippen LogP contribution < -0.4 is 14.8 Å². The second-order valence-corrected chi connectivity index (χ2v) is 13.7. The van der Waals surface area contributed by atoms with Crippen LogP contribution in [-0.2, 0) is 6.18 Å². The number of carbonyl (C=O) groups excluding carboxylic acids is 1. The van der Waals surface area contributed by atoms with Crippen molar-refractivity contribution >= 4 is 19.7 Å². The van der Waals surface area contributed by atoms with E-state index in [2.05, 4.69) is 21.8 Å². The fraction of sp³-hybridized carbons (Fsp3) is 0.231. The number of pyridine rings is 1. The molecule has 0 aliphatic heterocycles. The summed E-state index contributed by atoms with van der Waals surface area (Å²) in [4.78, 5) is 17.2. The molecule has 188 valence electrons. The maximum Gasteiger partial charge on any atom is 0.417 e. The van der Waals surface area contributed by atoms with E-state index < -0.39 is 31.5 Å². The number of carbonyl (C=O) groups is 1. The number of halogens is 4. The molecule has 0 bridgehead atoms. The predicted molar refractivity (Wildman–Crippen MR) is 132 cm³/mol. The number of hydrogen-bond acceptors (Lipinski definition) is 4. The Morgan fingerprint density at radius 1 is 1.06 bits per heavy atom. The first-order valence-corrected chi connectivity index (χ1v) is 14.3. The zero-order valence-electron chi connectivity index (χ0n) is 20.3. The van der Waals surface area contributed by atoms with Crippen molar-refractivity contribution in [3.05, 3.63) is 76.7 Å². The quantitative estimate of drug-likeness (QED) is 0.229. The number of aromatic nitrogens is 1. The summed E-state index contributed by atoms with van der Waals surface area (Å²) >= 11 is 0. The smallest absolute Gasteiger partial charge is 0.417 e. The van der Waals surface area contributed by atoms with Gasteiger partial charge in [0.25, 0.3) is 5.91 Å². The number of methoxy groups -OCH3 is 1. The van der Waals surface area contributed by atoms with E-state index in [0.29, 0.717) is 11.3 Å². The first-order chi connectivity index (χ1) is 16.8. The molecule has 0 fully saturated rings. The largest absolute Gasteiger partial charge is 0.481 e. The molecule has 1 N–H and O–H groups in total. The second-order valence-electron chi connectivity index (χ2n) is 8.94. The molecule has 1 aromatic heterocycles. The minimum Gasteiger partial charge on any atom is -0.481 e. The zero-order chi connectivity index (χ0) is 26.7. The number of alkyl halides is 3. The van der Waals surface area contributed by atoms with Crippen LogP contribution in [0.15, 0.2) is 48.7 Å². The summed E-state index contributed by atoms with van der Waals surface area (Å²) in [5.74, 6) is 1.35. The summed E-state index contributed by atoms with van der Waals surface area (Å²) in [6.07, 6.45) is -3.35. The van der Waals surface area contributed by atoms with Gasteiger partial charge >= 0.3 is 6.18 Å². The summed E-state index contributed by atoms with van der Waals surface area (Å²) in [6, 6.07) is 8.35. The molecule has 3 aromatic rings. The van der Waals surface area contributed by atoms with Gasteiger partial charge in [0, 0.05) is 23.5 Å². The molecule has 0 atom stereocenters. The summed E-state index contributed by atoms with van der Waals surface area (Å²) in [7, 11) is -0.635. The van der Waals surface area contributed by atoms with Crippen LogP contribution in [0.1, 0.15) is 27.0 Å². The van der Waals surface area contributed by atoms with Gasteiger partial charge in [-0.3, -0.25) is 4.79 Å². The summed E-state index contributed by atoms with van der Waals surface area (Å²) < 4.78 is 66.3. The van der Waals surface area contributed by atoms with Crippen molar-refractivity contribution < 1.29 is 31.8 Å². The molecule has 0 unspecified atom stereocenters. The lowest BCUT2D eigenvalue weighted by molar-refractivity contribution is -0.137. The number of rotatable bonds is 5. The van der Waals surface area contributed by atoms with Crippen LogP contribution in [-0.4, -0.2) is 26.1 Å². The van der Waals surface area contributed by atoms with E-state index in [0.717, 1.165) is 18.2 Å². The number of ether oxygens (including phenoxy) is 2. The number of amides is 1. The van der Waals surface area contributed by atoms with Gasteiger partial charge in [0.15, 0.2) is 0 Å². The van der Waals surface area contributed by atoms with Crippen LogP contribution in [0.5, 0.6) is 17.4 Å². The normalized spacial score (nSPS) is 11.4. The molecule has 0 aliphatic rings. The van der Waals surface area contributed by atoms with Crippen molar-refractivity contribution in [3.63, 3.8) is 0 Å². The third kappa shape index (κ3) is 6.85. The van der Waals surface area contributed by atoms with Crippen LogP contribution in [0.3, 0.4) is 0 Å². The molecule has 3 rings (SSSR count). The first kappa shape index (κ1) is 26.8. The molecule has 1 amide bonds. The Hall–Kier alpha value is -3.84. The van der Waals surface area contributed by atoms with Crippen molar-refractivity contribution in [1.82, 2.24) is 4.98 Å². The molecule has 36 heavy (non-hydrogen) atoms. The second kappa shape index (κ2) is 10.4. The Kier molecular flexibility index (Phi) is 7.74. The maximum absolute atomic E-state index is 14.0. The Bertz CT molecular complexity index is 1360. The highest BCUT2D eigenvalue weighted by Gasteiger charge is 2.35. The number of hydrogen-bond donors (Lipinski definition) is 1. The van der Waals surface area contributed by atoms with Gasteiger partial charge in [0.1, 0.15) is 25.4 Å². The average molecular weight is 517 g/mol. The fourth-order valence-corrected chi connectivity index (χ4v) is 3.59. The van der Waals surface area contributed by atoms with Gasteiger partial charge in [0.05, 0.1) is 18.2 Å². The van der Waals surface area contributed by atoms with Crippen molar-refractivity contribution in [2.45, 2.75) is 32.7 Å². The van der Waals surface area contributed by atoms with Gasteiger partial charge in [-0.05, 0) is 48.9 Å². The van der Waals surface area contributed by atoms with Crippen molar-refractivity contribution in [2.75, 3.05) is 12.4 Å². The maximum atomic E-state index is 14.0. The monoisotopic (exact) mass is 516 g/mol. The van der Waals surface area contributed by atoms with Gasteiger partial charge in [-0.2, -0.15) is 13.2 Å². The molecule has 0 aliphatic carbocycles. The van der Waals surface area contributed by atoms with Crippen molar-refractivity contribution in [2.24, 2.45) is 0 Å². The Morgan fingerprint density at radius 2 is 1.78 bits per heavy atom. The lowest BCUT2D eigenvalue weighted by Gasteiger charge is -2.18. The summed E-state index contributed by atoms with van der Waals surface area (Å²) in [5, 5.41) is 2.62. The highest BCUT2D eigenvalue weighted by molar-refractivity contribution is 6.83. The lowest BCUT2D eigenvalue weighted by atomic mass is 10.0. The SMILES string of the molecule is COc1cc(NC(=O)c2cc(C#C[Si](C)(C)C)c(C(F)(F)F)cc2Oc2ccc(F)cc2C)ccn1. The Balaban J connectivity index is 2.18. The van der Waals surface area contributed by atoms with E-state index in [1.54, 1.807) is 6.92 Å². The zero-order valence-corrected chi connectivity index (χ0v) is 21.3. The van der Waals surface area contributed by atoms with Gasteiger partial charge in [-0.25, -0.2) is 9.37 Å². The van der Waals surface area contributed by atoms with Crippen LogP contribution in [0, 0.1) is 24.2 Å². The van der Waals surface area contributed by atoms with Crippen LogP contribution >= 0.6 is 0 Å². The van der Waals surface area contributed by atoms with E-state index >= 15 is 0 Å². The molecular weight excluding hydrogens is 492 g/mol. The molecule has 2 aromatic carbocycles. The summed E-state index contributed by atoms with van der Waals surface area (Å²) in [5.41, 5.74) is 2.01. The minimum atomic E-state index is -4.76. The topological polar surface area (TPSA) is 60.5 Å². The summed E-state index contributed by atoms with van der Waals surface area (Å²) in [6.45, 7) is 7.23. The molecule has 0 spiro atoms. The van der Waals surface area contributed by atoms with E-state index in [4.69, 9.17) is 9.47 Å². The number of nitrogens with zero attached hydrogens (tertiary/aromatic N) is 1. The number of benzene rings is 2. The molecule has 0 radical (unpaired) electrons. The number of nitrogens with one attached hydrogen (secondary N) is 1. The van der Waals surface area contributed by atoms with E-state index in [1.807, 2.05) is 19.6 Å². The third-order valence-electron chi connectivity index (χ3n) is 4.80. The van der Waals surface area contributed by atoms with E-state index in [1.165, 1.54) is 37.6 Å². The fourth-order valence-electron chi connectivity index (χ4n) is 3.08. The van der Waals surface area contributed by atoms with E-state index in [9.17, 15) is 22.4 Å². The Labute approximate surface area is 207 Å². The van der Waals surface area contributed by atoms with Gasteiger partial charge in [0.2, 0.25) is 5.88 Å². The highest BCUT2D eigenvalue weighted by Crippen LogP contribution is 2.38. The number of aryl methyl sites for hydroxylation is 1. The van der Waals surface area contributed by atoms with Crippen LogP contribution in [0.4, 0.5) is 23.2 Å². The van der Waals surface area contributed by atoms with Crippen molar-refractivity contribution in [1.29, 1.82) is 0 Å². The standard InChI is InChI=1S/C26H24F4N2O3Si/c1-16-12-18(27)6-7-22(16)35-23-15-21(26(28,29)30)17(9-11-36(3,4)5)13-20(23)25(33)32-19-8-10-31-24(14-19)34-2/h6-8,10,12-15H,1-5H3,(H,31,32,33). The number of anilines is 1.